The molecule has 2 atom stereocenters. The fraction of sp³-hybridized carbons (Fsp3) is 0.556. The molecule has 3 nitrogen and oxygen atoms in total. The van der Waals surface area contributed by atoms with Crippen molar-refractivity contribution in [2.45, 2.75) is 25.4 Å². The van der Waals surface area contributed by atoms with Gasteiger partial charge in [0.25, 0.3) is 0 Å². The maximum absolute atomic E-state index is 10.4. The molecule has 1 aliphatic carbocycles. The Bertz CT molecular complexity index is 245. The predicted octanol–water partition coefficient (Wildman–Crippen LogP) is 1.30. The van der Waals surface area contributed by atoms with Crippen molar-refractivity contribution in [3.63, 3.8) is 0 Å². The number of oxime groups is 1. The maximum Gasteiger partial charge on any atom is 0.167 e. The number of nitrogens with zero attached hydrogens (tertiary/aromatic N) is 1. The van der Waals surface area contributed by atoms with E-state index in [0.29, 0.717) is 11.6 Å². The lowest BCUT2D eigenvalue weighted by atomic mass is 9.87. The van der Waals surface area contributed by atoms with E-state index in [4.69, 9.17) is 4.84 Å². The molecule has 0 bridgehead atoms. The molecular formula is C9H11NO2. The van der Waals surface area contributed by atoms with Gasteiger partial charge < -0.3 is 4.84 Å². The third-order valence-corrected chi connectivity index (χ3v) is 2.39. The van der Waals surface area contributed by atoms with Gasteiger partial charge in [-0.3, -0.25) is 4.79 Å². The van der Waals surface area contributed by atoms with Crippen molar-refractivity contribution in [1.29, 1.82) is 0 Å². The Morgan fingerprint density at radius 3 is 3.42 bits per heavy atom. The monoisotopic (exact) mass is 165 g/mol. The molecular weight excluding hydrogens is 154 g/mol. The van der Waals surface area contributed by atoms with Crippen LogP contribution in [0.1, 0.15) is 19.3 Å². The van der Waals surface area contributed by atoms with Crippen molar-refractivity contribution in [1.82, 2.24) is 0 Å². The first-order chi connectivity index (χ1) is 5.90. The molecule has 0 amide bonds. The summed E-state index contributed by atoms with van der Waals surface area (Å²) in [6.45, 7) is 0. The van der Waals surface area contributed by atoms with E-state index in [-0.39, 0.29) is 6.10 Å². The van der Waals surface area contributed by atoms with E-state index in [2.05, 4.69) is 11.2 Å². The highest BCUT2D eigenvalue weighted by molar-refractivity contribution is 6.28. The SMILES string of the molecule is O=CC1=NOC2C=CCCC2C1. The van der Waals surface area contributed by atoms with Gasteiger partial charge in [0.1, 0.15) is 11.8 Å². The molecule has 2 rings (SSSR count). The van der Waals surface area contributed by atoms with Crippen LogP contribution in [0.5, 0.6) is 0 Å². The van der Waals surface area contributed by atoms with Gasteiger partial charge in [0, 0.05) is 12.3 Å². The molecule has 12 heavy (non-hydrogen) atoms. The lowest BCUT2D eigenvalue weighted by Crippen LogP contribution is -2.30. The summed E-state index contributed by atoms with van der Waals surface area (Å²) in [4.78, 5) is 15.6. The van der Waals surface area contributed by atoms with Crippen molar-refractivity contribution in [2.24, 2.45) is 11.1 Å². The van der Waals surface area contributed by atoms with Crippen molar-refractivity contribution in [3.8, 4) is 0 Å². The summed E-state index contributed by atoms with van der Waals surface area (Å²) in [6, 6.07) is 0. The van der Waals surface area contributed by atoms with Crippen LogP contribution in [-0.2, 0) is 9.63 Å². The van der Waals surface area contributed by atoms with E-state index in [1.54, 1.807) is 0 Å². The minimum absolute atomic E-state index is 0.113. The van der Waals surface area contributed by atoms with Crippen LogP contribution in [0.2, 0.25) is 0 Å². The molecule has 2 aliphatic rings. The molecule has 0 spiro atoms. The van der Waals surface area contributed by atoms with Crippen LogP contribution in [0.4, 0.5) is 0 Å². The van der Waals surface area contributed by atoms with Gasteiger partial charge in [-0.15, -0.1) is 0 Å². The average molecular weight is 165 g/mol. The summed E-state index contributed by atoms with van der Waals surface area (Å²) < 4.78 is 0. The van der Waals surface area contributed by atoms with Gasteiger partial charge in [0.2, 0.25) is 0 Å². The lowest BCUT2D eigenvalue weighted by molar-refractivity contribution is -0.103. The Hall–Kier alpha value is -1.12. The largest absolute Gasteiger partial charge is 0.388 e. The standard InChI is InChI=1S/C9H11NO2/c11-6-8-5-7-3-1-2-4-9(7)12-10-8/h2,4,6-7,9H,1,3,5H2. The lowest BCUT2D eigenvalue weighted by Gasteiger charge is -2.28. The van der Waals surface area contributed by atoms with Crippen molar-refractivity contribution < 1.29 is 9.63 Å². The highest BCUT2D eigenvalue weighted by Gasteiger charge is 2.28. The van der Waals surface area contributed by atoms with E-state index in [1.807, 2.05) is 6.08 Å². The summed E-state index contributed by atoms with van der Waals surface area (Å²) in [5, 5.41) is 3.73. The third kappa shape index (κ3) is 1.26. The first kappa shape index (κ1) is 7.53. The number of fused-ring (bicyclic) bond motifs is 1. The van der Waals surface area contributed by atoms with Crippen LogP contribution < -0.4 is 0 Å². The molecule has 1 heterocycles. The Morgan fingerprint density at radius 2 is 2.58 bits per heavy atom. The van der Waals surface area contributed by atoms with E-state index in [0.717, 1.165) is 25.5 Å². The second-order valence-electron chi connectivity index (χ2n) is 3.24. The van der Waals surface area contributed by atoms with E-state index in [1.165, 1.54) is 0 Å². The average Bonchev–Trinajstić information content (AvgIpc) is 2.17. The Labute approximate surface area is 71.1 Å². The molecule has 1 aliphatic heterocycles. The second kappa shape index (κ2) is 3.09. The number of allylic oxidation sites excluding steroid dienone is 1. The summed E-state index contributed by atoms with van der Waals surface area (Å²) in [7, 11) is 0. The number of rotatable bonds is 1. The fourth-order valence-electron chi connectivity index (χ4n) is 1.71. The minimum Gasteiger partial charge on any atom is -0.388 e. The molecule has 64 valence electrons. The van der Waals surface area contributed by atoms with Crippen molar-refractivity contribution in [3.05, 3.63) is 12.2 Å². The fourth-order valence-corrected chi connectivity index (χ4v) is 1.71. The van der Waals surface area contributed by atoms with Gasteiger partial charge in [0.15, 0.2) is 6.29 Å². The van der Waals surface area contributed by atoms with Gasteiger partial charge in [-0.05, 0) is 18.9 Å². The first-order valence-corrected chi connectivity index (χ1v) is 4.24. The Balaban J connectivity index is 2.12. The molecule has 0 fully saturated rings. The van der Waals surface area contributed by atoms with Crippen molar-refractivity contribution >= 4 is 12.0 Å². The number of hydrogen-bond donors (Lipinski definition) is 0. The number of aldehydes is 1. The van der Waals surface area contributed by atoms with Gasteiger partial charge in [-0.1, -0.05) is 11.2 Å². The molecule has 0 saturated heterocycles. The Morgan fingerprint density at radius 1 is 1.67 bits per heavy atom. The molecule has 3 heteroatoms. The van der Waals surface area contributed by atoms with Crippen LogP contribution >= 0.6 is 0 Å². The van der Waals surface area contributed by atoms with E-state index >= 15 is 0 Å². The van der Waals surface area contributed by atoms with Gasteiger partial charge >= 0.3 is 0 Å². The molecule has 2 unspecified atom stereocenters. The second-order valence-corrected chi connectivity index (χ2v) is 3.24. The number of hydrogen-bond acceptors (Lipinski definition) is 3. The zero-order valence-corrected chi connectivity index (χ0v) is 6.77. The smallest absolute Gasteiger partial charge is 0.167 e. The van der Waals surface area contributed by atoms with Gasteiger partial charge in [-0.2, -0.15) is 0 Å². The zero-order chi connectivity index (χ0) is 8.39. The van der Waals surface area contributed by atoms with E-state index < -0.39 is 0 Å². The molecule has 0 aromatic heterocycles. The van der Waals surface area contributed by atoms with Gasteiger partial charge in [0.05, 0.1) is 0 Å². The normalized spacial score (nSPS) is 33.2. The summed E-state index contributed by atoms with van der Waals surface area (Å²) in [6.07, 6.45) is 8.03. The molecule has 0 saturated carbocycles. The topological polar surface area (TPSA) is 38.7 Å². The number of carbonyl (C=O) groups is 1. The van der Waals surface area contributed by atoms with Crippen LogP contribution in [0, 0.1) is 5.92 Å². The van der Waals surface area contributed by atoms with E-state index in [9.17, 15) is 4.79 Å². The van der Waals surface area contributed by atoms with Crippen LogP contribution in [0.25, 0.3) is 0 Å². The highest BCUT2D eigenvalue weighted by Crippen LogP contribution is 2.27. The maximum atomic E-state index is 10.4. The highest BCUT2D eigenvalue weighted by atomic mass is 16.6. The van der Waals surface area contributed by atoms with Crippen molar-refractivity contribution in [2.75, 3.05) is 0 Å². The van der Waals surface area contributed by atoms with Crippen LogP contribution in [-0.4, -0.2) is 18.1 Å². The first-order valence-electron chi connectivity index (χ1n) is 4.24. The van der Waals surface area contributed by atoms with Crippen LogP contribution in [0.3, 0.4) is 0 Å². The zero-order valence-electron chi connectivity index (χ0n) is 6.77. The summed E-state index contributed by atoms with van der Waals surface area (Å²) in [5.41, 5.74) is 0.548. The molecule has 0 N–H and O–H groups in total. The summed E-state index contributed by atoms with van der Waals surface area (Å²) in [5.74, 6) is 0.465. The number of carbonyl (C=O) groups excluding carboxylic acids is 1. The molecule has 0 radical (unpaired) electrons. The predicted molar refractivity (Wildman–Crippen MR) is 44.9 cm³/mol. The summed E-state index contributed by atoms with van der Waals surface area (Å²) >= 11 is 0. The van der Waals surface area contributed by atoms with Crippen LogP contribution in [0.15, 0.2) is 17.3 Å². The van der Waals surface area contributed by atoms with Gasteiger partial charge in [-0.25, -0.2) is 0 Å². The molecule has 0 aromatic carbocycles. The quantitative estimate of drug-likeness (QED) is 0.434. The minimum atomic E-state index is 0.113. The molecule has 0 aromatic rings. The third-order valence-electron chi connectivity index (χ3n) is 2.39. The Kier molecular flexibility index (Phi) is 1.94.